The van der Waals surface area contributed by atoms with Crippen molar-refractivity contribution >= 4 is 15.9 Å². The van der Waals surface area contributed by atoms with Gasteiger partial charge in [-0.25, -0.2) is 8.42 Å². The van der Waals surface area contributed by atoms with E-state index in [0.29, 0.717) is 49.4 Å². The van der Waals surface area contributed by atoms with Gasteiger partial charge in [0.05, 0.1) is 19.0 Å². The van der Waals surface area contributed by atoms with Gasteiger partial charge in [0.2, 0.25) is 10.0 Å². The standard InChI is InChI=1S/C19H26N2O4S/c22-19(20-18-12-15-3-6-17(18)11-15)16-4-1-14(2-5-16)13-26(23,24)21-7-9-25-10-8-21/h1-2,4-5,15,17-18H,3,6-13H2,(H,20,22)/t15-,17-,18+/m1/s1. The predicted molar refractivity (Wildman–Crippen MR) is 98.2 cm³/mol. The van der Waals surface area contributed by atoms with E-state index in [4.69, 9.17) is 4.74 Å². The molecule has 0 spiro atoms. The fraction of sp³-hybridized carbons (Fsp3) is 0.632. The highest BCUT2D eigenvalue weighted by atomic mass is 32.2. The minimum Gasteiger partial charge on any atom is -0.379 e. The first-order chi connectivity index (χ1) is 12.5. The number of nitrogens with one attached hydrogen (secondary N) is 1. The average molecular weight is 378 g/mol. The largest absolute Gasteiger partial charge is 0.379 e. The summed E-state index contributed by atoms with van der Waals surface area (Å²) >= 11 is 0. The number of rotatable bonds is 5. The van der Waals surface area contributed by atoms with Crippen LogP contribution in [-0.2, 0) is 20.5 Å². The SMILES string of the molecule is O=C(N[C@H]1C[C@@H]2CC[C@@H]1C2)c1ccc(CS(=O)(=O)N2CCOCC2)cc1. The lowest BCUT2D eigenvalue weighted by molar-refractivity contribution is 0.0729. The van der Waals surface area contributed by atoms with Crippen LogP contribution in [0.3, 0.4) is 0 Å². The molecule has 4 rings (SSSR count). The zero-order valence-electron chi connectivity index (χ0n) is 14.9. The van der Waals surface area contributed by atoms with Crippen LogP contribution in [0.2, 0.25) is 0 Å². The zero-order chi connectivity index (χ0) is 18.1. The summed E-state index contributed by atoms with van der Waals surface area (Å²) in [5.74, 6) is 1.34. The number of hydrogen-bond acceptors (Lipinski definition) is 4. The normalized spacial score (nSPS) is 29.0. The maximum atomic E-state index is 12.5. The summed E-state index contributed by atoms with van der Waals surface area (Å²) in [6, 6.07) is 7.25. The van der Waals surface area contributed by atoms with Crippen molar-refractivity contribution < 1.29 is 17.9 Å². The van der Waals surface area contributed by atoms with E-state index in [1.54, 1.807) is 24.3 Å². The monoisotopic (exact) mass is 378 g/mol. The second-order valence-corrected chi connectivity index (χ2v) is 9.69. The van der Waals surface area contributed by atoms with Crippen molar-refractivity contribution in [1.82, 2.24) is 9.62 Å². The van der Waals surface area contributed by atoms with Gasteiger partial charge in [0.15, 0.2) is 0 Å². The van der Waals surface area contributed by atoms with Gasteiger partial charge in [-0.2, -0.15) is 4.31 Å². The predicted octanol–water partition coefficient (Wildman–Crippen LogP) is 1.77. The molecule has 142 valence electrons. The zero-order valence-corrected chi connectivity index (χ0v) is 15.7. The smallest absolute Gasteiger partial charge is 0.251 e. The first-order valence-corrected chi connectivity index (χ1v) is 11.1. The molecule has 1 saturated heterocycles. The van der Waals surface area contributed by atoms with E-state index in [-0.39, 0.29) is 11.7 Å². The van der Waals surface area contributed by atoms with Gasteiger partial charge in [-0.15, -0.1) is 0 Å². The van der Waals surface area contributed by atoms with E-state index < -0.39 is 10.0 Å². The van der Waals surface area contributed by atoms with Crippen LogP contribution in [0.5, 0.6) is 0 Å². The molecule has 1 aromatic carbocycles. The Labute approximate surface area is 155 Å². The molecule has 0 radical (unpaired) electrons. The molecule has 2 saturated carbocycles. The second-order valence-electron chi connectivity index (χ2n) is 7.72. The number of fused-ring (bicyclic) bond motifs is 2. The van der Waals surface area contributed by atoms with E-state index in [0.717, 1.165) is 12.3 Å². The molecule has 0 aromatic heterocycles. The molecule has 3 aliphatic rings. The maximum Gasteiger partial charge on any atom is 0.251 e. The van der Waals surface area contributed by atoms with E-state index in [2.05, 4.69) is 5.32 Å². The highest BCUT2D eigenvalue weighted by molar-refractivity contribution is 7.88. The van der Waals surface area contributed by atoms with Gasteiger partial charge in [-0.3, -0.25) is 4.79 Å². The molecule has 1 aromatic rings. The third-order valence-electron chi connectivity index (χ3n) is 5.98. The van der Waals surface area contributed by atoms with Crippen LogP contribution in [0, 0.1) is 11.8 Å². The molecule has 3 atom stereocenters. The fourth-order valence-electron chi connectivity index (χ4n) is 4.55. The van der Waals surface area contributed by atoms with E-state index in [1.807, 2.05) is 0 Å². The van der Waals surface area contributed by atoms with Gasteiger partial charge in [0, 0.05) is 24.7 Å². The lowest BCUT2D eigenvalue weighted by Gasteiger charge is -2.26. The van der Waals surface area contributed by atoms with Crippen molar-refractivity contribution in [1.29, 1.82) is 0 Å². The van der Waals surface area contributed by atoms with E-state index in [1.165, 1.54) is 23.6 Å². The quantitative estimate of drug-likeness (QED) is 0.847. The average Bonchev–Trinajstić information content (AvgIpc) is 3.26. The highest BCUT2D eigenvalue weighted by Crippen LogP contribution is 2.44. The Hall–Kier alpha value is -1.44. The van der Waals surface area contributed by atoms with Gasteiger partial charge >= 0.3 is 0 Å². The Morgan fingerprint density at radius 1 is 1.12 bits per heavy atom. The van der Waals surface area contributed by atoms with Crippen molar-refractivity contribution in [2.24, 2.45) is 11.8 Å². The number of ether oxygens (including phenoxy) is 1. The molecular formula is C19H26N2O4S. The van der Waals surface area contributed by atoms with Crippen LogP contribution in [0.4, 0.5) is 0 Å². The molecule has 0 unspecified atom stereocenters. The van der Waals surface area contributed by atoms with E-state index >= 15 is 0 Å². The molecule has 1 heterocycles. The summed E-state index contributed by atoms with van der Waals surface area (Å²) in [6.07, 6.45) is 4.90. The van der Waals surface area contributed by atoms with Gasteiger partial charge in [-0.05, 0) is 48.8 Å². The highest BCUT2D eigenvalue weighted by Gasteiger charge is 2.40. The Balaban J connectivity index is 1.36. The molecule has 6 nitrogen and oxygen atoms in total. The van der Waals surface area contributed by atoms with Crippen LogP contribution in [0.15, 0.2) is 24.3 Å². The molecule has 1 N–H and O–H groups in total. The Morgan fingerprint density at radius 3 is 2.46 bits per heavy atom. The lowest BCUT2D eigenvalue weighted by atomic mass is 9.95. The number of carbonyl (C=O) groups excluding carboxylic acids is 1. The van der Waals surface area contributed by atoms with Crippen LogP contribution >= 0.6 is 0 Å². The summed E-state index contributed by atoms with van der Waals surface area (Å²) in [5, 5.41) is 3.17. The van der Waals surface area contributed by atoms with Crippen molar-refractivity contribution in [3.63, 3.8) is 0 Å². The minimum atomic E-state index is -3.34. The minimum absolute atomic E-state index is 0.0404. The van der Waals surface area contributed by atoms with Crippen molar-refractivity contribution in [3.05, 3.63) is 35.4 Å². The number of morpholine rings is 1. The molecule has 26 heavy (non-hydrogen) atoms. The molecule has 1 amide bonds. The lowest BCUT2D eigenvalue weighted by Crippen LogP contribution is -2.41. The topological polar surface area (TPSA) is 75.7 Å². The molecule has 3 fully saturated rings. The Bertz CT molecular complexity index is 756. The van der Waals surface area contributed by atoms with Gasteiger partial charge in [0.25, 0.3) is 5.91 Å². The number of hydrogen-bond donors (Lipinski definition) is 1. The second kappa shape index (κ2) is 7.29. The van der Waals surface area contributed by atoms with Crippen LogP contribution in [-0.4, -0.2) is 51.0 Å². The third kappa shape index (κ3) is 3.80. The number of amides is 1. The van der Waals surface area contributed by atoms with Crippen molar-refractivity contribution in [3.8, 4) is 0 Å². The summed E-state index contributed by atoms with van der Waals surface area (Å²) < 4.78 is 31.6. The molecule has 7 heteroatoms. The molecule has 2 aliphatic carbocycles. The number of sulfonamides is 1. The number of carbonyl (C=O) groups is 1. The number of nitrogens with zero attached hydrogens (tertiary/aromatic N) is 1. The van der Waals surface area contributed by atoms with Crippen LogP contribution < -0.4 is 5.32 Å². The number of benzene rings is 1. The first kappa shape index (κ1) is 17.9. The van der Waals surface area contributed by atoms with Crippen LogP contribution in [0.1, 0.15) is 41.6 Å². The molecule has 2 bridgehead atoms. The first-order valence-electron chi connectivity index (χ1n) is 9.46. The Kier molecular flexibility index (Phi) is 5.03. The van der Waals surface area contributed by atoms with Crippen LogP contribution in [0.25, 0.3) is 0 Å². The Morgan fingerprint density at radius 2 is 1.85 bits per heavy atom. The fourth-order valence-corrected chi connectivity index (χ4v) is 6.05. The van der Waals surface area contributed by atoms with Gasteiger partial charge in [-0.1, -0.05) is 18.6 Å². The summed E-state index contributed by atoms with van der Waals surface area (Å²) in [5.41, 5.74) is 1.30. The molecular weight excluding hydrogens is 352 g/mol. The molecule has 1 aliphatic heterocycles. The maximum absolute atomic E-state index is 12.5. The van der Waals surface area contributed by atoms with Gasteiger partial charge < -0.3 is 10.1 Å². The summed E-state index contributed by atoms with van der Waals surface area (Å²) in [4.78, 5) is 12.5. The van der Waals surface area contributed by atoms with Crippen molar-refractivity contribution in [2.75, 3.05) is 26.3 Å². The third-order valence-corrected chi connectivity index (χ3v) is 7.83. The van der Waals surface area contributed by atoms with Gasteiger partial charge in [0.1, 0.15) is 0 Å². The summed E-state index contributed by atoms with van der Waals surface area (Å²) in [6.45, 7) is 1.71. The van der Waals surface area contributed by atoms with Crippen molar-refractivity contribution in [2.45, 2.75) is 37.5 Å². The summed E-state index contributed by atoms with van der Waals surface area (Å²) in [7, 11) is -3.34. The van der Waals surface area contributed by atoms with E-state index in [9.17, 15) is 13.2 Å².